The molecule has 0 saturated carbocycles. The minimum atomic E-state index is 0.443. The average Bonchev–Trinajstić information content (AvgIpc) is 2.80. The Labute approximate surface area is 174 Å². The predicted octanol–water partition coefficient (Wildman–Crippen LogP) is 4.95. The van der Waals surface area contributed by atoms with Crippen molar-refractivity contribution in [2.75, 3.05) is 17.7 Å². The molecule has 4 rings (SSSR count). The molecule has 0 fully saturated rings. The molecule has 3 aromatic carbocycles. The summed E-state index contributed by atoms with van der Waals surface area (Å²) >= 11 is 0. The van der Waals surface area contributed by atoms with Gasteiger partial charge in [-0.2, -0.15) is 4.98 Å². The normalized spacial score (nSPS) is 10.3. The Hall–Kier alpha value is -4.13. The van der Waals surface area contributed by atoms with Gasteiger partial charge < -0.3 is 20.1 Å². The van der Waals surface area contributed by atoms with Crippen LogP contribution in [0.15, 0.2) is 85.2 Å². The first-order chi connectivity index (χ1) is 14.8. The molecule has 0 spiro atoms. The molecule has 0 atom stereocenters. The molecule has 0 amide bonds. The van der Waals surface area contributed by atoms with Gasteiger partial charge in [0.25, 0.3) is 0 Å². The number of hydrogen-bond donors (Lipinski definition) is 2. The van der Waals surface area contributed by atoms with Crippen LogP contribution in [0.25, 0.3) is 0 Å². The zero-order chi connectivity index (χ0) is 20.6. The fraction of sp³-hybridized carbons (Fsp3) is 0.0870. The lowest BCUT2D eigenvalue weighted by molar-refractivity contribution is 0.306. The zero-order valence-corrected chi connectivity index (χ0v) is 16.4. The number of methoxy groups -OCH3 is 1. The highest BCUT2D eigenvalue weighted by Gasteiger charge is 2.04. The van der Waals surface area contributed by atoms with Crippen molar-refractivity contribution >= 4 is 23.3 Å². The Morgan fingerprint density at radius 2 is 1.27 bits per heavy atom. The lowest BCUT2D eigenvalue weighted by Gasteiger charge is -2.09. The van der Waals surface area contributed by atoms with E-state index in [2.05, 4.69) is 25.6 Å². The maximum Gasteiger partial charge on any atom is 0.232 e. The average molecular weight is 399 g/mol. The molecule has 2 N–H and O–H groups in total. The number of rotatable bonds is 8. The van der Waals surface area contributed by atoms with E-state index in [0.29, 0.717) is 18.5 Å². The van der Waals surface area contributed by atoms with Gasteiger partial charge in [-0.25, -0.2) is 9.97 Å². The van der Waals surface area contributed by atoms with Gasteiger partial charge in [-0.3, -0.25) is 0 Å². The number of nitrogens with one attached hydrogen (secondary N) is 2. The number of ether oxygens (including phenoxy) is 2. The van der Waals surface area contributed by atoms with Crippen LogP contribution in [0.5, 0.6) is 11.5 Å². The van der Waals surface area contributed by atoms with E-state index in [0.717, 1.165) is 28.4 Å². The quantitative estimate of drug-likeness (QED) is 0.434. The number of aromatic nitrogens is 3. The molecule has 4 aromatic rings. The van der Waals surface area contributed by atoms with Crippen molar-refractivity contribution in [2.24, 2.45) is 0 Å². The van der Waals surface area contributed by atoms with Crippen LogP contribution in [0, 0.1) is 0 Å². The van der Waals surface area contributed by atoms with E-state index in [-0.39, 0.29) is 0 Å². The van der Waals surface area contributed by atoms with Crippen molar-refractivity contribution in [3.05, 3.63) is 90.8 Å². The van der Waals surface area contributed by atoms with Gasteiger partial charge in [0.1, 0.15) is 24.4 Å². The van der Waals surface area contributed by atoms with Crippen LogP contribution in [0.1, 0.15) is 5.56 Å². The lowest BCUT2D eigenvalue weighted by atomic mass is 10.2. The van der Waals surface area contributed by atoms with Crippen LogP contribution in [0.4, 0.5) is 23.3 Å². The highest BCUT2D eigenvalue weighted by molar-refractivity contribution is 5.58. The smallest absolute Gasteiger partial charge is 0.232 e. The molecule has 7 nitrogen and oxygen atoms in total. The van der Waals surface area contributed by atoms with E-state index in [4.69, 9.17) is 9.47 Å². The van der Waals surface area contributed by atoms with Crippen molar-refractivity contribution in [3.8, 4) is 11.5 Å². The molecular formula is C23H21N5O2. The maximum atomic E-state index is 5.81. The van der Waals surface area contributed by atoms with Crippen LogP contribution >= 0.6 is 0 Å². The number of nitrogens with zero attached hydrogens (tertiary/aromatic N) is 3. The Morgan fingerprint density at radius 1 is 0.700 bits per heavy atom. The van der Waals surface area contributed by atoms with Crippen LogP contribution in [0.3, 0.4) is 0 Å². The zero-order valence-electron chi connectivity index (χ0n) is 16.4. The van der Waals surface area contributed by atoms with E-state index < -0.39 is 0 Å². The molecule has 0 saturated heterocycles. The minimum Gasteiger partial charge on any atom is -0.497 e. The second-order valence-corrected chi connectivity index (χ2v) is 6.41. The summed E-state index contributed by atoms with van der Waals surface area (Å²) in [6.45, 7) is 0.529. The molecule has 150 valence electrons. The number of hydrogen-bond acceptors (Lipinski definition) is 7. The lowest BCUT2D eigenvalue weighted by Crippen LogP contribution is -2.02. The Morgan fingerprint density at radius 3 is 1.83 bits per heavy atom. The predicted molar refractivity (Wildman–Crippen MR) is 117 cm³/mol. The van der Waals surface area contributed by atoms with Crippen LogP contribution in [-0.4, -0.2) is 22.1 Å². The third-order valence-corrected chi connectivity index (χ3v) is 4.28. The molecule has 1 heterocycles. The second kappa shape index (κ2) is 9.38. The Balaban J connectivity index is 1.36. The van der Waals surface area contributed by atoms with Crippen molar-refractivity contribution in [1.29, 1.82) is 0 Å². The summed E-state index contributed by atoms with van der Waals surface area (Å²) in [7, 11) is 1.63. The van der Waals surface area contributed by atoms with Crippen molar-refractivity contribution in [2.45, 2.75) is 6.61 Å². The largest absolute Gasteiger partial charge is 0.497 e. The van der Waals surface area contributed by atoms with Gasteiger partial charge in [-0.05, 0) is 54.1 Å². The molecule has 1 aromatic heterocycles. The number of benzene rings is 3. The molecule has 0 aliphatic carbocycles. The fourth-order valence-corrected chi connectivity index (χ4v) is 2.72. The monoisotopic (exact) mass is 399 g/mol. The molecule has 0 aliphatic rings. The fourth-order valence-electron chi connectivity index (χ4n) is 2.72. The first-order valence-electron chi connectivity index (χ1n) is 9.42. The topological polar surface area (TPSA) is 81.2 Å². The van der Waals surface area contributed by atoms with E-state index >= 15 is 0 Å². The summed E-state index contributed by atoms with van der Waals surface area (Å²) in [4.78, 5) is 12.7. The third kappa shape index (κ3) is 5.23. The summed E-state index contributed by atoms with van der Waals surface area (Å²) in [5.41, 5.74) is 2.83. The van der Waals surface area contributed by atoms with Crippen LogP contribution in [0.2, 0.25) is 0 Å². The molecule has 30 heavy (non-hydrogen) atoms. The van der Waals surface area contributed by atoms with Crippen LogP contribution < -0.4 is 20.1 Å². The molecular weight excluding hydrogens is 378 g/mol. The van der Waals surface area contributed by atoms with E-state index in [1.54, 1.807) is 7.11 Å². The van der Waals surface area contributed by atoms with Gasteiger partial charge in [0, 0.05) is 11.4 Å². The first kappa shape index (κ1) is 19.2. The summed E-state index contributed by atoms with van der Waals surface area (Å²) in [5.74, 6) is 2.47. The van der Waals surface area contributed by atoms with E-state index in [9.17, 15) is 0 Å². The highest BCUT2D eigenvalue weighted by atomic mass is 16.5. The van der Waals surface area contributed by atoms with Gasteiger partial charge in [0.2, 0.25) is 11.9 Å². The van der Waals surface area contributed by atoms with Crippen molar-refractivity contribution in [1.82, 2.24) is 15.0 Å². The summed E-state index contributed by atoms with van der Waals surface area (Å²) < 4.78 is 11.0. The molecule has 7 heteroatoms. The Kier molecular flexibility index (Phi) is 6.00. The summed E-state index contributed by atoms with van der Waals surface area (Å²) in [6.07, 6.45) is 1.46. The molecule has 0 aliphatic heterocycles. The SMILES string of the molecule is COc1ccc(Nc2ncnc(Nc3ccc(OCc4ccccc4)cc3)n2)cc1. The molecule has 0 unspecified atom stereocenters. The van der Waals surface area contributed by atoms with Gasteiger partial charge in [0.05, 0.1) is 7.11 Å². The van der Waals surface area contributed by atoms with Crippen molar-refractivity contribution < 1.29 is 9.47 Å². The first-order valence-corrected chi connectivity index (χ1v) is 9.42. The van der Waals surface area contributed by atoms with Crippen LogP contribution in [-0.2, 0) is 6.61 Å². The summed E-state index contributed by atoms with van der Waals surface area (Å²) in [5, 5.41) is 6.32. The van der Waals surface area contributed by atoms with Gasteiger partial charge >= 0.3 is 0 Å². The molecule has 0 bridgehead atoms. The summed E-state index contributed by atoms with van der Waals surface area (Å²) in [6, 6.07) is 25.2. The van der Waals surface area contributed by atoms with Gasteiger partial charge in [0.15, 0.2) is 0 Å². The van der Waals surface area contributed by atoms with Crippen molar-refractivity contribution in [3.63, 3.8) is 0 Å². The van der Waals surface area contributed by atoms with Gasteiger partial charge in [-0.15, -0.1) is 0 Å². The van der Waals surface area contributed by atoms with E-state index in [1.807, 2.05) is 78.9 Å². The van der Waals surface area contributed by atoms with Gasteiger partial charge in [-0.1, -0.05) is 30.3 Å². The molecule has 0 radical (unpaired) electrons. The Bertz CT molecular complexity index is 1070. The minimum absolute atomic E-state index is 0.443. The highest BCUT2D eigenvalue weighted by Crippen LogP contribution is 2.21. The second-order valence-electron chi connectivity index (χ2n) is 6.41. The standard InChI is InChI=1S/C23H21N5O2/c1-29-20-11-7-18(8-12-20)26-22-24-16-25-23(28-22)27-19-9-13-21(14-10-19)30-15-17-5-3-2-4-6-17/h2-14,16H,15H2,1H3,(H2,24,25,26,27,28). The van der Waals surface area contributed by atoms with E-state index in [1.165, 1.54) is 6.33 Å². The number of anilines is 4. The maximum absolute atomic E-state index is 5.81. The third-order valence-electron chi connectivity index (χ3n) is 4.28.